The van der Waals surface area contributed by atoms with Crippen LogP contribution >= 0.6 is 11.3 Å². The van der Waals surface area contributed by atoms with Gasteiger partial charge in [-0.05, 0) is 30.0 Å². The topological polar surface area (TPSA) is 105 Å². The van der Waals surface area contributed by atoms with Gasteiger partial charge in [0.1, 0.15) is 5.75 Å². The minimum absolute atomic E-state index is 0.109. The highest BCUT2D eigenvalue weighted by atomic mass is 32.2. The standard InChI is InChI=1S/C17H19N3O5S2/c1-25-15-10-12(20-7-3-9-27(20,23)24)5-6-14(15)19-17(22)16(21)18-11-13-4-2-8-26-13/h2,4-6,8,10H,3,7,9,11H2,1H3,(H,18,21)(H,19,22). The van der Waals surface area contributed by atoms with Crippen molar-refractivity contribution in [3.05, 3.63) is 40.6 Å². The Kier molecular flexibility index (Phi) is 5.66. The average molecular weight is 409 g/mol. The molecule has 2 amide bonds. The number of methoxy groups -OCH3 is 1. The van der Waals surface area contributed by atoms with Crippen molar-refractivity contribution >= 4 is 44.5 Å². The van der Waals surface area contributed by atoms with E-state index in [1.807, 2.05) is 17.5 Å². The molecule has 8 nitrogen and oxygen atoms in total. The molecule has 3 rings (SSSR count). The molecule has 0 unspecified atom stereocenters. The quantitative estimate of drug-likeness (QED) is 0.729. The molecule has 0 radical (unpaired) electrons. The van der Waals surface area contributed by atoms with Crippen LogP contribution in [0, 0.1) is 0 Å². The third kappa shape index (κ3) is 4.40. The zero-order valence-corrected chi connectivity index (χ0v) is 16.2. The fourth-order valence-electron chi connectivity index (χ4n) is 2.71. The lowest BCUT2D eigenvalue weighted by molar-refractivity contribution is -0.136. The van der Waals surface area contributed by atoms with Gasteiger partial charge in [-0.3, -0.25) is 13.9 Å². The van der Waals surface area contributed by atoms with Crippen molar-refractivity contribution in [2.75, 3.05) is 29.0 Å². The van der Waals surface area contributed by atoms with Gasteiger partial charge >= 0.3 is 11.8 Å². The number of amides is 2. The molecule has 1 aromatic carbocycles. The lowest BCUT2D eigenvalue weighted by Gasteiger charge is -2.19. The first-order chi connectivity index (χ1) is 12.9. The smallest absolute Gasteiger partial charge is 0.313 e. The second kappa shape index (κ2) is 7.97. The highest BCUT2D eigenvalue weighted by Crippen LogP contribution is 2.32. The lowest BCUT2D eigenvalue weighted by Crippen LogP contribution is -2.34. The van der Waals surface area contributed by atoms with Crippen molar-refractivity contribution < 1.29 is 22.7 Å². The molecule has 1 aliphatic heterocycles. The second-order valence-electron chi connectivity index (χ2n) is 5.84. The molecule has 0 spiro atoms. The minimum atomic E-state index is -3.32. The molecule has 0 bridgehead atoms. The Morgan fingerprint density at radius 2 is 2.07 bits per heavy atom. The number of anilines is 2. The van der Waals surface area contributed by atoms with Gasteiger partial charge in [-0.25, -0.2) is 8.42 Å². The van der Waals surface area contributed by atoms with Crippen molar-refractivity contribution in [2.24, 2.45) is 0 Å². The van der Waals surface area contributed by atoms with Crippen molar-refractivity contribution in [1.29, 1.82) is 0 Å². The molecular weight excluding hydrogens is 390 g/mol. The van der Waals surface area contributed by atoms with Crippen LogP contribution < -0.4 is 19.7 Å². The molecule has 0 saturated carbocycles. The summed E-state index contributed by atoms with van der Waals surface area (Å²) in [7, 11) is -1.91. The number of rotatable bonds is 5. The van der Waals surface area contributed by atoms with E-state index in [0.717, 1.165) is 4.88 Å². The molecule has 2 aromatic rings. The Morgan fingerprint density at radius 3 is 2.70 bits per heavy atom. The Labute approximate surface area is 161 Å². The van der Waals surface area contributed by atoms with Crippen LogP contribution in [0.2, 0.25) is 0 Å². The lowest BCUT2D eigenvalue weighted by atomic mass is 10.2. The molecule has 0 aliphatic carbocycles. The summed E-state index contributed by atoms with van der Waals surface area (Å²) in [6.07, 6.45) is 0.563. The number of carbonyl (C=O) groups is 2. The molecule has 2 N–H and O–H groups in total. The largest absolute Gasteiger partial charge is 0.494 e. The molecule has 1 aromatic heterocycles. The van der Waals surface area contributed by atoms with E-state index in [0.29, 0.717) is 18.7 Å². The van der Waals surface area contributed by atoms with Crippen LogP contribution in [-0.4, -0.2) is 39.6 Å². The highest BCUT2D eigenvalue weighted by Gasteiger charge is 2.29. The second-order valence-corrected chi connectivity index (χ2v) is 8.89. The zero-order valence-electron chi connectivity index (χ0n) is 14.6. The van der Waals surface area contributed by atoms with Crippen LogP contribution in [0.3, 0.4) is 0 Å². The molecule has 144 valence electrons. The number of hydrogen-bond acceptors (Lipinski definition) is 6. The summed E-state index contributed by atoms with van der Waals surface area (Å²) >= 11 is 1.48. The number of sulfonamides is 1. The van der Waals surface area contributed by atoms with E-state index in [4.69, 9.17) is 4.74 Å². The monoisotopic (exact) mass is 409 g/mol. The van der Waals surface area contributed by atoms with Crippen molar-refractivity contribution in [3.63, 3.8) is 0 Å². The van der Waals surface area contributed by atoms with Crippen molar-refractivity contribution in [1.82, 2.24) is 5.32 Å². The molecule has 1 aliphatic rings. The highest BCUT2D eigenvalue weighted by molar-refractivity contribution is 7.93. The fourth-order valence-corrected chi connectivity index (χ4v) is 4.91. The number of hydrogen-bond donors (Lipinski definition) is 2. The summed E-state index contributed by atoms with van der Waals surface area (Å²) in [5.74, 6) is -1.21. The normalized spacial score (nSPS) is 15.4. The van der Waals surface area contributed by atoms with Gasteiger partial charge in [-0.15, -0.1) is 11.3 Å². The Morgan fingerprint density at radius 1 is 1.26 bits per heavy atom. The predicted molar refractivity (Wildman–Crippen MR) is 104 cm³/mol. The first kappa shape index (κ1) is 19.2. The van der Waals surface area contributed by atoms with Crippen LogP contribution in [0.1, 0.15) is 11.3 Å². The van der Waals surface area contributed by atoms with Gasteiger partial charge in [-0.1, -0.05) is 6.07 Å². The Balaban J connectivity index is 1.69. The minimum Gasteiger partial charge on any atom is -0.494 e. The Hall–Kier alpha value is -2.59. The summed E-state index contributed by atoms with van der Waals surface area (Å²) < 4.78 is 30.7. The zero-order chi connectivity index (χ0) is 19.4. The number of benzene rings is 1. The maximum atomic E-state index is 12.1. The van der Waals surface area contributed by atoms with Gasteiger partial charge in [0.25, 0.3) is 0 Å². The molecular formula is C17H19N3O5S2. The van der Waals surface area contributed by atoms with Gasteiger partial charge < -0.3 is 15.4 Å². The number of nitrogens with zero attached hydrogens (tertiary/aromatic N) is 1. The number of carbonyl (C=O) groups excluding carboxylic acids is 2. The SMILES string of the molecule is COc1cc(N2CCCS2(=O)=O)ccc1NC(=O)C(=O)NCc1cccs1. The predicted octanol–water partition coefficient (Wildman–Crippen LogP) is 1.55. The van der Waals surface area contributed by atoms with E-state index < -0.39 is 21.8 Å². The summed E-state index contributed by atoms with van der Waals surface area (Å²) in [5.41, 5.74) is 0.749. The third-order valence-electron chi connectivity index (χ3n) is 4.03. The summed E-state index contributed by atoms with van der Waals surface area (Å²) in [6, 6.07) is 8.34. The number of thiophene rings is 1. The van der Waals surface area contributed by atoms with E-state index >= 15 is 0 Å². The van der Waals surface area contributed by atoms with Crippen LogP contribution in [0.15, 0.2) is 35.7 Å². The van der Waals surface area contributed by atoms with Crippen molar-refractivity contribution in [2.45, 2.75) is 13.0 Å². The van der Waals surface area contributed by atoms with Crippen LogP contribution in [0.5, 0.6) is 5.75 Å². The maximum Gasteiger partial charge on any atom is 0.313 e. The van der Waals surface area contributed by atoms with E-state index in [1.165, 1.54) is 34.9 Å². The maximum absolute atomic E-state index is 12.1. The third-order valence-corrected chi connectivity index (χ3v) is 6.78. The first-order valence-corrected chi connectivity index (χ1v) is 10.7. The molecule has 10 heteroatoms. The van der Waals surface area contributed by atoms with E-state index in [2.05, 4.69) is 10.6 Å². The van der Waals surface area contributed by atoms with Gasteiger partial charge in [0.15, 0.2) is 0 Å². The molecule has 27 heavy (non-hydrogen) atoms. The van der Waals surface area contributed by atoms with E-state index in [9.17, 15) is 18.0 Å². The number of nitrogens with one attached hydrogen (secondary N) is 2. The average Bonchev–Trinajstić information content (AvgIpc) is 3.29. The number of ether oxygens (including phenoxy) is 1. The summed E-state index contributed by atoms with van der Waals surface area (Å²) in [4.78, 5) is 25.0. The summed E-state index contributed by atoms with van der Waals surface area (Å²) in [6.45, 7) is 0.676. The van der Waals surface area contributed by atoms with Crippen LogP contribution in [-0.2, 0) is 26.2 Å². The molecule has 2 heterocycles. The van der Waals surface area contributed by atoms with Crippen LogP contribution in [0.4, 0.5) is 11.4 Å². The fraction of sp³-hybridized carbons (Fsp3) is 0.294. The molecule has 0 atom stereocenters. The van der Waals surface area contributed by atoms with Gasteiger partial charge in [-0.2, -0.15) is 0 Å². The van der Waals surface area contributed by atoms with Gasteiger partial charge in [0.05, 0.1) is 30.8 Å². The summed E-state index contributed by atoms with van der Waals surface area (Å²) in [5, 5.41) is 6.91. The van der Waals surface area contributed by atoms with E-state index in [-0.39, 0.29) is 23.7 Å². The molecule has 1 saturated heterocycles. The van der Waals surface area contributed by atoms with Crippen LogP contribution in [0.25, 0.3) is 0 Å². The first-order valence-electron chi connectivity index (χ1n) is 8.21. The van der Waals surface area contributed by atoms with Crippen molar-refractivity contribution in [3.8, 4) is 5.75 Å². The van der Waals surface area contributed by atoms with Gasteiger partial charge in [0.2, 0.25) is 10.0 Å². The Bertz CT molecular complexity index is 941. The molecule has 1 fully saturated rings. The van der Waals surface area contributed by atoms with E-state index in [1.54, 1.807) is 6.07 Å². The van der Waals surface area contributed by atoms with Gasteiger partial charge in [0, 0.05) is 17.5 Å².